The third kappa shape index (κ3) is 2.69. The summed E-state index contributed by atoms with van der Waals surface area (Å²) in [6.45, 7) is 2.14. The molecule has 1 aliphatic heterocycles. The zero-order chi connectivity index (χ0) is 14.8. The average Bonchev–Trinajstić information content (AvgIpc) is 2.54. The molecule has 2 aromatic carbocycles. The van der Waals surface area contributed by atoms with Crippen molar-refractivity contribution in [3.63, 3.8) is 0 Å². The van der Waals surface area contributed by atoms with Crippen LogP contribution in [-0.2, 0) is 17.6 Å². The number of carbonyl (C=O) groups is 1. The van der Waals surface area contributed by atoms with E-state index in [0.29, 0.717) is 6.42 Å². The first-order valence-corrected chi connectivity index (χ1v) is 7.45. The van der Waals surface area contributed by atoms with Crippen molar-refractivity contribution >= 4 is 11.6 Å². The van der Waals surface area contributed by atoms with Gasteiger partial charge in [0.25, 0.3) is 0 Å². The lowest BCUT2D eigenvalue weighted by atomic mass is 9.89. The summed E-state index contributed by atoms with van der Waals surface area (Å²) in [5.41, 5.74) is 11.9. The van der Waals surface area contributed by atoms with Gasteiger partial charge in [-0.1, -0.05) is 49.4 Å². The Balaban J connectivity index is 2.10. The van der Waals surface area contributed by atoms with Gasteiger partial charge < -0.3 is 11.1 Å². The monoisotopic (exact) mass is 280 g/mol. The van der Waals surface area contributed by atoms with Crippen molar-refractivity contribution in [3.8, 4) is 0 Å². The Bertz CT molecular complexity index is 664. The molecule has 0 fully saturated rings. The lowest BCUT2D eigenvalue weighted by molar-refractivity contribution is -0.116. The van der Waals surface area contributed by atoms with Crippen LogP contribution in [0.25, 0.3) is 0 Å². The number of nitrogens with one attached hydrogen (secondary N) is 1. The van der Waals surface area contributed by atoms with Crippen LogP contribution in [0.2, 0.25) is 0 Å². The molecule has 0 saturated heterocycles. The Morgan fingerprint density at radius 3 is 2.67 bits per heavy atom. The van der Waals surface area contributed by atoms with Crippen LogP contribution < -0.4 is 11.1 Å². The van der Waals surface area contributed by atoms with E-state index in [2.05, 4.69) is 24.4 Å². The van der Waals surface area contributed by atoms with Gasteiger partial charge in [-0.3, -0.25) is 4.79 Å². The highest BCUT2D eigenvalue weighted by atomic mass is 16.1. The molecule has 0 aromatic heterocycles. The number of nitrogens with two attached hydrogens (primary N) is 1. The fourth-order valence-electron chi connectivity index (χ4n) is 2.88. The molecule has 21 heavy (non-hydrogen) atoms. The molecular weight excluding hydrogens is 260 g/mol. The Morgan fingerprint density at radius 2 is 1.95 bits per heavy atom. The Labute approximate surface area is 125 Å². The van der Waals surface area contributed by atoms with Crippen molar-refractivity contribution < 1.29 is 4.79 Å². The maximum Gasteiger partial charge on any atom is 0.224 e. The molecule has 108 valence electrons. The number of anilines is 1. The topological polar surface area (TPSA) is 55.1 Å². The normalized spacial score (nSPS) is 15.2. The molecule has 2 aromatic rings. The number of benzene rings is 2. The minimum atomic E-state index is -0.218. The van der Waals surface area contributed by atoms with Gasteiger partial charge >= 0.3 is 0 Å². The molecule has 0 radical (unpaired) electrons. The van der Waals surface area contributed by atoms with E-state index in [1.54, 1.807) is 0 Å². The minimum Gasteiger partial charge on any atom is -0.326 e. The van der Waals surface area contributed by atoms with Crippen LogP contribution in [0.4, 0.5) is 5.69 Å². The lowest BCUT2D eigenvalue weighted by Gasteiger charge is -2.25. The molecule has 3 nitrogen and oxygen atoms in total. The second-order valence-corrected chi connectivity index (χ2v) is 5.51. The predicted molar refractivity (Wildman–Crippen MR) is 85.2 cm³/mol. The molecule has 1 unspecified atom stereocenters. The summed E-state index contributed by atoms with van der Waals surface area (Å²) in [5, 5.41) is 3.01. The number of aryl methyl sites for hydroxylation is 2. The fourth-order valence-corrected chi connectivity index (χ4v) is 2.88. The van der Waals surface area contributed by atoms with E-state index in [1.165, 1.54) is 11.1 Å². The third-order valence-electron chi connectivity index (χ3n) is 4.10. The number of fused-ring (bicyclic) bond motifs is 1. The standard InChI is InChI=1S/C18H20N2O/c1-2-12-10-14-8-9-16(21)20-18(14)15(11-12)17(19)13-6-4-3-5-7-13/h3-7,10-11,17H,2,8-9,19H2,1H3,(H,20,21). The van der Waals surface area contributed by atoms with Crippen LogP contribution in [0, 0.1) is 0 Å². The van der Waals surface area contributed by atoms with Crippen LogP contribution >= 0.6 is 0 Å². The summed E-state index contributed by atoms with van der Waals surface area (Å²) in [7, 11) is 0. The molecule has 0 bridgehead atoms. The SMILES string of the molecule is CCc1cc2c(c(C(N)c3ccccc3)c1)NC(=O)CC2. The molecule has 1 heterocycles. The van der Waals surface area contributed by atoms with E-state index in [4.69, 9.17) is 5.73 Å². The average molecular weight is 280 g/mol. The number of carbonyl (C=O) groups excluding carboxylic acids is 1. The highest BCUT2D eigenvalue weighted by Gasteiger charge is 2.22. The van der Waals surface area contributed by atoms with Crippen molar-refractivity contribution in [2.75, 3.05) is 5.32 Å². The zero-order valence-electron chi connectivity index (χ0n) is 12.2. The van der Waals surface area contributed by atoms with Crippen LogP contribution in [0.1, 0.15) is 41.6 Å². The van der Waals surface area contributed by atoms with Gasteiger partial charge in [0.05, 0.1) is 6.04 Å². The first-order valence-electron chi connectivity index (χ1n) is 7.45. The minimum absolute atomic E-state index is 0.0771. The Morgan fingerprint density at radius 1 is 1.19 bits per heavy atom. The van der Waals surface area contributed by atoms with Gasteiger partial charge in [0.15, 0.2) is 0 Å². The van der Waals surface area contributed by atoms with E-state index >= 15 is 0 Å². The van der Waals surface area contributed by atoms with Crippen LogP contribution in [0.3, 0.4) is 0 Å². The highest BCUT2D eigenvalue weighted by molar-refractivity contribution is 5.95. The summed E-state index contributed by atoms with van der Waals surface area (Å²) in [6, 6.07) is 14.1. The summed E-state index contributed by atoms with van der Waals surface area (Å²) in [6.07, 6.45) is 2.32. The molecule has 3 N–H and O–H groups in total. The maximum absolute atomic E-state index is 11.7. The quantitative estimate of drug-likeness (QED) is 0.907. The number of amides is 1. The van der Waals surface area contributed by atoms with Crippen LogP contribution in [0.15, 0.2) is 42.5 Å². The Kier molecular flexibility index (Phi) is 3.76. The summed E-state index contributed by atoms with van der Waals surface area (Å²) >= 11 is 0. The summed E-state index contributed by atoms with van der Waals surface area (Å²) in [5.74, 6) is 0.0771. The van der Waals surface area contributed by atoms with Gasteiger partial charge in [0.1, 0.15) is 0 Å². The van der Waals surface area contributed by atoms with E-state index in [9.17, 15) is 4.79 Å². The van der Waals surface area contributed by atoms with E-state index in [-0.39, 0.29) is 11.9 Å². The van der Waals surface area contributed by atoms with E-state index < -0.39 is 0 Å². The van der Waals surface area contributed by atoms with Crippen molar-refractivity contribution in [1.82, 2.24) is 0 Å². The summed E-state index contributed by atoms with van der Waals surface area (Å²) in [4.78, 5) is 11.7. The number of hydrogen-bond acceptors (Lipinski definition) is 2. The number of rotatable bonds is 3. The highest BCUT2D eigenvalue weighted by Crippen LogP contribution is 2.34. The molecule has 0 aliphatic carbocycles. The first-order chi connectivity index (χ1) is 10.2. The smallest absolute Gasteiger partial charge is 0.224 e. The summed E-state index contributed by atoms with van der Waals surface area (Å²) < 4.78 is 0. The number of hydrogen-bond donors (Lipinski definition) is 2. The van der Waals surface area contributed by atoms with Crippen molar-refractivity contribution in [1.29, 1.82) is 0 Å². The predicted octanol–water partition coefficient (Wildman–Crippen LogP) is 3.18. The molecule has 0 spiro atoms. The fraction of sp³-hybridized carbons (Fsp3) is 0.278. The zero-order valence-corrected chi connectivity index (χ0v) is 12.2. The van der Waals surface area contributed by atoms with E-state index in [0.717, 1.165) is 29.7 Å². The van der Waals surface area contributed by atoms with Gasteiger partial charge in [-0.25, -0.2) is 0 Å². The van der Waals surface area contributed by atoms with Crippen molar-refractivity contribution in [2.24, 2.45) is 5.73 Å². The molecule has 3 rings (SSSR count). The van der Waals surface area contributed by atoms with Gasteiger partial charge in [-0.05, 0) is 35.1 Å². The van der Waals surface area contributed by atoms with Crippen molar-refractivity contribution in [2.45, 2.75) is 32.2 Å². The van der Waals surface area contributed by atoms with Crippen LogP contribution in [-0.4, -0.2) is 5.91 Å². The van der Waals surface area contributed by atoms with Gasteiger partial charge in [0, 0.05) is 12.1 Å². The van der Waals surface area contributed by atoms with Gasteiger partial charge in [-0.2, -0.15) is 0 Å². The van der Waals surface area contributed by atoms with Crippen LogP contribution in [0.5, 0.6) is 0 Å². The molecule has 3 heteroatoms. The molecule has 0 saturated carbocycles. The van der Waals surface area contributed by atoms with Gasteiger partial charge in [-0.15, -0.1) is 0 Å². The second kappa shape index (κ2) is 5.70. The Hall–Kier alpha value is -2.13. The molecular formula is C18H20N2O. The van der Waals surface area contributed by atoms with Crippen molar-refractivity contribution in [3.05, 3.63) is 64.7 Å². The van der Waals surface area contributed by atoms with Gasteiger partial charge in [0.2, 0.25) is 5.91 Å². The largest absolute Gasteiger partial charge is 0.326 e. The molecule has 1 atom stereocenters. The third-order valence-corrected chi connectivity index (χ3v) is 4.10. The lowest BCUT2D eigenvalue weighted by Crippen LogP contribution is -2.23. The maximum atomic E-state index is 11.7. The first kappa shape index (κ1) is 13.8. The molecule has 1 aliphatic rings. The second-order valence-electron chi connectivity index (χ2n) is 5.51. The van der Waals surface area contributed by atoms with E-state index in [1.807, 2.05) is 30.3 Å². The molecule has 1 amide bonds.